The van der Waals surface area contributed by atoms with E-state index in [4.69, 9.17) is 4.74 Å². The number of hydrogen-bond acceptors (Lipinski definition) is 3. The van der Waals surface area contributed by atoms with Crippen molar-refractivity contribution >= 4 is 11.6 Å². The molecule has 2 atom stereocenters. The summed E-state index contributed by atoms with van der Waals surface area (Å²) in [4.78, 5) is 14.7. The number of amides is 1. The summed E-state index contributed by atoms with van der Waals surface area (Å²) in [6, 6.07) is 4.81. The van der Waals surface area contributed by atoms with Crippen molar-refractivity contribution in [1.29, 1.82) is 0 Å². The summed E-state index contributed by atoms with van der Waals surface area (Å²) < 4.78 is 19.7. The zero-order valence-corrected chi connectivity index (χ0v) is 12.3. The number of para-hydroxylation sites is 1. The van der Waals surface area contributed by atoms with E-state index in [0.717, 1.165) is 19.3 Å². The molecule has 5 heteroatoms. The van der Waals surface area contributed by atoms with Crippen molar-refractivity contribution in [3.8, 4) is 0 Å². The molecule has 1 aliphatic carbocycles. The third kappa shape index (κ3) is 2.62. The number of halogens is 1. The largest absolute Gasteiger partial charge is 0.382 e. The highest BCUT2D eigenvalue weighted by atomic mass is 19.1. The topological polar surface area (TPSA) is 41.6 Å². The van der Waals surface area contributed by atoms with Crippen molar-refractivity contribution in [2.75, 3.05) is 25.0 Å². The monoisotopic (exact) mass is 292 g/mol. The summed E-state index contributed by atoms with van der Waals surface area (Å²) in [6.07, 6.45) is 3.22. The SMILES string of the molecule is CCNc1c(F)cccc1C(=O)N1CCOC2CCCC21. The van der Waals surface area contributed by atoms with Crippen LogP contribution in [0.15, 0.2) is 18.2 Å². The smallest absolute Gasteiger partial charge is 0.256 e. The Morgan fingerprint density at radius 3 is 3.14 bits per heavy atom. The minimum Gasteiger partial charge on any atom is -0.382 e. The summed E-state index contributed by atoms with van der Waals surface area (Å²) in [5.41, 5.74) is 0.732. The van der Waals surface area contributed by atoms with Crippen LogP contribution in [0.25, 0.3) is 0 Å². The van der Waals surface area contributed by atoms with Gasteiger partial charge in [-0.1, -0.05) is 6.07 Å². The van der Waals surface area contributed by atoms with Crippen LogP contribution in [-0.4, -0.2) is 42.6 Å². The Labute approximate surface area is 124 Å². The van der Waals surface area contributed by atoms with Crippen LogP contribution in [0.1, 0.15) is 36.5 Å². The highest BCUT2D eigenvalue weighted by molar-refractivity contribution is 6.00. The quantitative estimate of drug-likeness (QED) is 0.931. The maximum absolute atomic E-state index is 14.0. The number of carbonyl (C=O) groups is 1. The van der Waals surface area contributed by atoms with E-state index in [-0.39, 0.29) is 23.9 Å². The lowest BCUT2D eigenvalue weighted by atomic mass is 10.1. The molecular formula is C16H21FN2O2. The molecule has 2 fully saturated rings. The first-order valence-electron chi connectivity index (χ1n) is 7.67. The lowest BCUT2D eigenvalue weighted by molar-refractivity contribution is -0.0445. The maximum Gasteiger partial charge on any atom is 0.256 e. The molecule has 2 aliphatic rings. The Balaban J connectivity index is 1.89. The number of hydrogen-bond donors (Lipinski definition) is 1. The molecule has 1 saturated heterocycles. The number of rotatable bonds is 3. The normalized spacial score (nSPS) is 24.8. The summed E-state index contributed by atoms with van der Waals surface area (Å²) in [5.74, 6) is -0.468. The predicted molar refractivity (Wildman–Crippen MR) is 79.0 cm³/mol. The van der Waals surface area contributed by atoms with Crippen LogP contribution in [0, 0.1) is 5.82 Å². The molecule has 4 nitrogen and oxygen atoms in total. The standard InChI is InChI=1S/C16H21FN2O2/c1-2-18-15-11(5-3-6-12(15)17)16(20)19-9-10-21-14-8-4-7-13(14)19/h3,5-6,13-14,18H,2,4,7-10H2,1H3. The van der Waals surface area contributed by atoms with E-state index in [2.05, 4.69) is 5.32 Å². The molecule has 1 amide bonds. The number of nitrogens with one attached hydrogen (secondary N) is 1. The van der Waals surface area contributed by atoms with Crippen molar-refractivity contribution in [2.24, 2.45) is 0 Å². The third-order valence-corrected chi connectivity index (χ3v) is 4.34. The van der Waals surface area contributed by atoms with Crippen LogP contribution in [0.4, 0.5) is 10.1 Å². The fourth-order valence-electron chi connectivity index (χ4n) is 3.39. The number of benzene rings is 1. The fraction of sp³-hybridized carbons (Fsp3) is 0.562. The van der Waals surface area contributed by atoms with Gasteiger partial charge in [0.25, 0.3) is 5.91 Å². The molecule has 3 rings (SSSR count). The lowest BCUT2D eigenvalue weighted by Gasteiger charge is -2.38. The van der Waals surface area contributed by atoms with E-state index >= 15 is 0 Å². The summed E-state index contributed by atoms with van der Waals surface area (Å²) in [7, 11) is 0. The first-order valence-corrected chi connectivity index (χ1v) is 7.67. The highest BCUT2D eigenvalue weighted by Crippen LogP contribution is 2.32. The van der Waals surface area contributed by atoms with Gasteiger partial charge in [-0.3, -0.25) is 4.79 Å². The van der Waals surface area contributed by atoms with Crippen molar-refractivity contribution in [2.45, 2.75) is 38.3 Å². The van der Waals surface area contributed by atoms with Gasteiger partial charge in [-0.2, -0.15) is 0 Å². The van der Waals surface area contributed by atoms with Gasteiger partial charge in [0.1, 0.15) is 5.82 Å². The van der Waals surface area contributed by atoms with Gasteiger partial charge in [0.15, 0.2) is 0 Å². The summed E-state index contributed by atoms with van der Waals surface area (Å²) in [6.45, 7) is 3.62. The van der Waals surface area contributed by atoms with Gasteiger partial charge in [-0.25, -0.2) is 4.39 Å². The second-order valence-electron chi connectivity index (χ2n) is 5.60. The second-order valence-corrected chi connectivity index (χ2v) is 5.60. The number of ether oxygens (including phenoxy) is 1. The van der Waals surface area contributed by atoms with Crippen LogP contribution in [0.3, 0.4) is 0 Å². The molecule has 0 bridgehead atoms. The molecule has 1 aromatic rings. The van der Waals surface area contributed by atoms with Gasteiger partial charge >= 0.3 is 0 Å². The van der Waals surface area contributed by atoms with Crippen molar-refractivity contribution in [1.82, 2.24) is 4.90 Å². The molecule has 0 spiro atoms. The van der Waals surface area contributed by atoms with E-state index in [1.54, 1.807) is 12.1 Å². The average Bonchev–Trinajstić information content (AvgIpc) is 2.97. The predicted octanol–water partition coefficient (Wildman–Crippen LogP) is 2.65. The molecule has 2 unspecified atom stereocenters. The molecule has 1 saturated carbocycles. The van der Waals surface area contributed by atoms with Crippen LogP contribution < -0.4 is 5.32 Å². The molecule has 21 heavy (non-hydrogen) atoms. The Morgan fingerprint density at radius 2 is 2.33 bits per heavy atom. The van der Waals surface area contributed by atoms with Gasteiger partial charge < -0.3 is 15.0 Å². The maximum atomic E-state index is 14.0. The number of morpholine rings is 1. The van der Waals surface area contributed by atoms with E-state index in [9.17, 15) is 9.18 Å². The van der Waals surface area contributed by atoms with Gasteiger partial charge in [0.2, 0.25) is 0 Å². The Morgan fingerprint density at radius 1 is 1.48 bits per heavy atom. The third-order valence-electron chi connectivity index (χ3n) is 4.34. The molecule has 114 valence electrons. The van der Waals surface area contributed by atoms with E-state index in [1.165, 1.54) is 6.07 Å². The molecule has 1 aromatic carbocycles. The minimum absolute atomic E-state index is 0.0920. The van der Waals surface area contributed by atoms with Crippen molar-refractivity contribution in [3.05, 3.63) is 29.6 Å². The lowest BCUT2D eigenvalue weighted by Crippen LogP contribution is -2.51. The molecule has 1 heterocycles. The number of fused-ring (bicyclic) bond motifs is 1. The second kappa shape index (κ2) is 6.02. The first-order chi connectivity index (χ1) is 10.2. The van der Waals surface area contributed by atoms with E-state index in [0.29, 0.717) is 30.9 Å². The Kier molecular flexibility index (Phi) is 4.10. The van der Waals surface area contributed by atoms with Gasteiger partial charge in [-0.15, -0.1) is 0 Å². The minimum atomic E-state index is -0.376. The molecule has 0 radical (unpaired) electrons. The zero-order chi connectivity index (χ0) is 14.8. The summed E-state index contributed by atoms with van der Waals surface area (Å²) in [5, 5.41) is 2.97. The fourth-order valence-corrected chi connectivity index (χ4v) is 3.39. The molecule has 1 N–H and O–H groups in total. The van der Waals surface area contributed by atoms with Crippen LogP contribution in [-0.2, 0) is 4.74 Å². The zero-order valence-electron chi connectivity index (χ0n) is 12.3. The molecule has 0 aromatic heterocycles. The highest BCUT2D eigenvalue weighted by Gasteiger charge is 2.39. The Hall–Kier alpha value is -1.62. The van der Waals surface area contributed by atoms with Crippen molar-refractivity contribution < 1.29 is 13.9 Å². The number of anilines is 1. The van der Waals surface area contributed by atoms with Gasteiger partial charge in [-0.05, 0) is 38.3 Å². The van der Waals surface area contributed by atoms with E-state index < -0.39 is 0 Å². The van der Waals surface area contributed by atoms with E-state index in [1.807, 2.05) is 11.8 Å². The van der Waals surface area contributed by atoms with Gasteiger partial charge in [0, 0.05) is 13.1 Å². The van der Waals surface area contributed by atoms with Gasteiger partial charge in [0.05, 0.1) is 30.0 Å². The summed E-state index contributed by atoms with van der Waals surface area (Å²) >= 11 is 0. The molecular weight excluding hydrogens is 271 g/mol. The molecule has 1 aliphatic heterocycles. The van der Waals surface area contributed by atoms with Crippen LogP contribution in [0.5, 0.6) is 0 Å². The first kappa shape index (κ1) is 14.3. The average molecular weight is 292 g/mol. The Bertz CT molecular complexity index is 535. The number of carbonyl (C=O) groups excluding carboxylic acids is 1. The van der Waals surface area contributed by atoms with Crippen LogP contribution in [0.2, 0.25) is 0 Å². The van der Waals surface area contributed by atoms with Crippen LogP contribution >= 0.6 is 0 Å². The van der Waals surface area contributed by atoms with Crippen molar-refractivity contribution in [3.63, 3.8) is 0 Å². The number of nitrogens with zero attached hydrogens (tertiary/aromatic N) is 1.